The second-order valence-corrected chi connectivity index (χ2v) is 21.9. The molecule has 0 N–H and O–H groups in total. The first kappa shape index (κ1) is 20.1. The van der Waals surface area contributed by atoms with Crippen LogP contribution in [0.2, 0.25) is 14.8 Å². The zero-order valence-electron chi connectivity index (χ0n) is 15.8. The molecule has 23 heavy (non-hydrogen) atoms. The second-order valence-electron chi connectivity index (χ2n) is 7.47. The van der Waals surface area contributed by atoms with Crippen LogP contribution in [0.3, 0.4) is 0 Å². The number of carbonyl (C=O) groups excluding carboxylic acids is 1. The molecule has 0 fully saturated rings. The van der Waals surface area contributed by atoms with Crippen LogP contribution >= 0.6 is 0 Å². The molecule has 0 aliphatic carbocycles. The number of carbonyl (C=O) groups is 1. The Labute approximate surface area is 145 Å². The zero-order chi connectivity index (χ0) is 17.8. The van der Waals surface area contributed by atoms with Gasteiger partial charge in [-0.1, -0.05) is 0 Å². The van der Waals surface area contributed by atoms with E-state index in [9.17, 15) is 4.79 Å². The number of methoxy groups -OCH3 is 1. The van der Waals surface area contributed by atoms with Gasteiger partial charge in [-0.05, 0) is 0 Å². The van der Waals surface area contributed by atoms with Crippen LogP contribution < -0.4 is 4.74 Å². The number of nitrogens with zero attached hydrogens (tertiary/aromatic N) is 1. The SMILES string of the molecule is COc1ccc(/[C](=C/C(=O)N(C(C)C)C(C)C)[Sn]([CH3])([CH3])[CH3])cc1. The van der Waals surface area contributed by atoms with Crippen molar-refractivity contribution in [2.24, 2.45) is 0 Å². The molecule has 0 saturated carbocycles. The average Bonchev–Trinajstić information content (AvgIpc) is 2.43. The number of benzene rings is 1. The first-order chi connectivity index (χ1) is 10.6. The van der Waals surface area contributed by atoms with Crippen LogP contribution in [0.1, 0.15) is 33.3 Å². The summed E-state index contributed by atoms with van der Waals surface area (Å²) in [5.41, 5.74) is 1.15. The third-order valence-electron chi connectivity index (χ3n) is 3.84. The van der Waals surface area contributed by atoms with Crippen LogP contribution in [0, 0.1) is 0 Å². The third-order valence-corrected chi connectivity index (χ3v) is 9.69. The van der Waals surface area contributed by atoms with Gasteiger partial charge in [-0.25, -0.2) is 0 Å². The van der Waals surface area contributed by atoms with Gasteiger partial charge in [0.15, 0.2) is 0 Å². The molecule has 0 atom stereocenters. The van der Waals surface area contributed by atoms with Gasteiger partial charge in [0.1, 0.15) is 0 Å². The van der Waals surface area contributed by atoms with E-state index in [0.29, 0.717) is 0 Å². The van der Waals surface area contributed by atoms with E-state index in [1.165, 1.54) is 3.59 Å². The molecule has 0 unspecified atom stereocenters. The fraction of sp³-hybridized carbons (Fsp3) is 0.526. The molecular formula is C19H31NO2Sn. The van der Waals surface area contributed by atoms with E-state index >= 15 is 0 Å². The van der Waals surface area contributed by atoms with E-state index in [1.54, 1.807) is 7.11 Å². The Morgan fingerprint density at radius 2 is 1.52 bits per heavy atom. The van der Waals surface area contributed by atoms with Gasteiger partial charge >= 0.3 is 146 Å². The van der Waals surface area contributed by atoms with Gasteiger partial charge in [-0.15, -0.1) is 0 Å². The molecule has 0 aromatic heterocycles. The number of ether oxygens (including phenoxy) is 1. The zero-order valence-corrected chi connectivity index (χ0v) is 18.7. The number of amides is 1. The maximum atomic E-state index is 12.8. The molecule has 0 aliphatic heterocycles. The molecular weight excluding hydrogens is 393 g/mol. The molecule has 4 heteroatoms. The average molecular weight is 424 g/mol. The van der Waals surface area contributed by atoms with Crippen molar-refractivity contribution in [1.29, 1.82) is 0 Å². The molecule has 0 aliphatic rings. The first-order valence-corrected chi connectivity index (χ1v) is 18.3. The van der Waals surface area contributed by atoms with Gasteiger partial charge in [0, 0.05) is 0 Å². The summed E-state index contributed by atoms with van der Waals surface area (Å²) in [6.45, 7) is 8.27. The van der Waals surface area contributed by atoms with Crippen LogP contribution in [0.4, 0.5) is 0 Å². The summed E-state index contributed by atoms with van der Waals surface area (Å²) in [5, 5.41) is 0. The number of rotatable bonds is 6. The van der Waals surface area contributed by atoms with Crippen LogP contribution in [0.5, 0.6) is 5.75 Å². The standard InChI is InChI=1S/C16H22NO2.3CH3.Sn/c1-12(2)17(13(3)4)16(18)11-8-14-6-9-15(19-5)10-7-14;;;;/h6-7,9-13H,1-5H3;3*1H3;. The van der Waals surface area contributed by atoms with Crippen molar-refractivity contribution >= 4 is 27.9 Å². The quantitative estimate of drug-likeness (QED) is 0.494. The minimum absolute atomic E-state index is 0.118. The molecule has 1 rings (SSSR count). The van der Waals surface area contributed by atoms with Crippen molar-refractivity contribution in [3.63, 3.8) is 0 Å². The van der Waals surface area contributed by atoms with Crippen molar-refractivity contribution in [2.75, 3.05) is 7.11 Å². The van der Waals surface area contributed by atoms with Gasteiger partial charge in [0.25, 0.3) is 0 Å². The Hall–Kier alpha value is -0.971. The molecule has 128 valence electrons. The van der Waals surface area contributed by atoms with E-state index < -0.39 is 18.4 Å². The third kappa shape index (κ3) is 5.55. The summed E-state index contributed by atoms with van der Waals surface area (Å²) in [6.07, 6.45) is 1.89. The van der Waals surface area contributed by atoms with Gasteiger partial charge < -0.3 is 0 Å². The van der Waals surface area contributed by atoms with Gasteiger partial charge in [0.2, 0.25) is 0 Å². The topological polar surface area (TPSA) is 29.5 Å². The van der Waals surface area contributed by atoms with E-state index in [4.69, 9.17) is 4.74 Å². The maximum absolute atomic E-state index is 12.8. The molecule has 0 radical (unpaired) electrons. The molecule has 3 nitrogen and oxygen atoms in total. The van der Waals surface area contributed by atoms with Crippen LogP contribution in [-0.4, -0.2) is 48.4 Å². The summed E-state index contributed by atoms with van der Waals surface area (Å²) < 4.78 is 6.49. The van der Waals surface area contributed by atoms with Crippen molar-refractivity contribution in [1.82, 2.24) is 4.90 Å². The summed E-state index contributed by atoms with van der Waals surface area (Å²) in [7, 11) is 1.67. The molecule has 0 bridgehead atoms. The molecule has 1 aromatic carbocycles. The summed E-state index contributed by atoms with van der Waals surface area (Å²) in [5.74, 6) is 0.960. The normalized spacial score (nSPS) is 12.7. The van der Waals surface area contributed by atoms with Gasteiger partial charge in [0.05, 0.1) is 0 Å². The predicted octanol–water partition coefficient (Wildman–Crippen LogP) is 4.60. The van der Waals surface area contributed by atoms with E-state index in [0.717, 1.165) is 11.3 Å². The van der Waals surface area contributed by atoms with E-state index in [2.05, 4.69) is 54.6 Å². The fourth-order valence-electron chi connectivity index (χ4n) is 2.81. The van der Waals surface area contributed by atoms with Crippen LogP contribution in [0.25, 0.3) is 3.59 Å². The molecule has 0 spiro atoms. The first-order valence-electron chi connectivity index (χ1n) is 8.26. The van der Waals surface area contributed by atoms with Crippen molar-refractivity contribution in [3.8, 4) is 5.75 Å². The second kappa shape index (κ2) is 8.22. The number of hydrogen-bond donors (Lipinski definition) is 0. The number of hydrogen-bond acceptors (Lipinski definition) is 2. The summed E-state index contributed by atoms with van der Waals surface area (Å²) >= 11 is -2.45. The van der Waals surface area contributed by atoms with Crippen molar-refractivity contribution in [2.45, 2.75) is 54.6 Å². The molecule has 0 heterocycles. The van der Waals surface area contributed by atoms with Crippen LogP contribution in [0.15, 0.2) is 30.3 Å². The van der Waals surface area contributed by atoms with E-state index in [-0.39, 0.29) is 18.0 Å². The molecule has 0 saturated heterocycles. The van der Waals surface area contributed by atoms with Gasteiger partial charge in [-0.3, -0.25) is 0 Å². The monoisotopic (exact) mass is 425 g/mol. The fourth-order valence-corrected chi connectivity index (χ4v) is 7.34. The summed E-state index contributed by atoms with van der Waals surface area (Å²) in [6, 6.07) is 8.46. The Bertz CT molecular complexity index is 546. The van der Waals surface area contributed by atoms with Crippen LogP contribution in [-0.2, 0) is 4.79 Å². The Morgan fingerprint density at radius 1 is 1.04 bits per heavy atom. The minimum atomic E-state index is -2.45. The Balaban J connectivity index is 3.27. The predicted molar refractivity (Wildman–Crippen MR) is 101 cm³/mol. The van der Waals surface area contributed by atoms with Crippen molar-refractivity contribution in [3.05, 3.63) is 35.9 Å². The Morgan fingerprint density at radius 3 is 1.87 bits per heavy atom. The summed E-state index contributed by atoms with van der Waals surface area (Å²) in [4.78, 5) is 21.8. The van der Waals surface area contributed by atoms with Crippen molar-refractivity contribution < 1.29 is 9.53 Å². The van der Waals surface area contributed by atoms with E-state index in [1.807, 2.05) is 23.1 Å². The Kier molecular flexibility index (Phi) is 7.18. The molecule has 1 amide bonds. The molecule has 1 aromatic rings. The van der Waals surface area contributed by atoms with Gasteiger partial charge in [-0.2, -0.15) is 0 Å².